The lowest BCUT2D eigenvalue weighted by Crippen LogP contribution is -2.34. The third-order valence-corrected chi connectivity index (χ3v) is 4.76. The number of carbonyl (C=O) groups excluding carboxylic acids is 1. The summed E-state index contributed by atoms with van der Waals surface area (Å²) in [4.78, 5) is 14.4. The molecule has 0 bridgehead atoms. The van der Waals surface area contributed by atoms with Gasteiger partial charge in [0.25, 0.3) is 0 Å². The molecule has 6 heteroatoms. The van der Waals surface area contributed by atoms with Crippen molar-refractivity contribution in [1.82, 2.24) is 4.90 Å². The molecule has 86 valence electrons. The Morgan fingerprint density at radius 3 is 3.19 bits per heavy atom. The molecule has 0 aromatic rings. The molecule has 1 fully saturated rings. The molecule has 0 aromatic heterocycles. The van der Waals surface area contributed by atoms with Crippen LogP contribution in [-0.4, -0.2) is 41.6 Å². The third kappa shape index (κ3) is 2.02. The van der Waals surface area contributed by atoms with Crippen LogP contribution < -0.4 is 0 Å². The van der Waals surface area contributed by atoms with Crippen LogP contribution in [-0.2, 0) is 9.53 Å². The zero-order valence-corrected chi connectivity index (χ0v) is 10.6. The van der Waals surface area contributed by atoms with E-state index < -0.39 is 0 Å². The SMILES string of the molecule is CCOC(=O)C1=C2SCC(C#N)N2CCS1. The van der Waals surface area contributed by atoms with Gasteiger partial charge in [0.1, 0.15) is 10.9 Å². The van der Waals surface area contributed by atoms with Crippen molar-refractivity contribution < 1.29 is 9.53 Å². The van der Waals surface area contributed by atoms with Crippen molar-refractivity contribution in [3.8, 4) is 6.07 Å². The van der Waals surface area contributed by atoms with Crippen LogP contribution in [0.1, 0.15) is 6.92 Å². The van der Waals surface area contributed by atoms with E-state index in [-0.39, 0.29) is 12.0 Å². The van der Waals surface area contributed by atoms with Crippen LogP contribution in [0, 0.1) is 11.3 Å². The van der Waals surface area contributed by atoms with Crippen LogP contribution in [0.15, 0.2) is 9.93 Å². The maximum Gasteiger partial charge on any atom is 0.347 e. The first-order chi connectivity index (χ1) is 7.77. The molecule has 0 N–H and O–H groups in total. The zero-order valence-electron chi connectivity index (χ0n) is 8.93. The van der Waals surface area contributed by atoms with Crippen molar-refractivity contribution >= 4 is 29.5 Å². The summed E-state index contributed by atoms with van der Waals surface area (Å²) in [6.07, 6.45) is 0. The number of rotatable bonds is 2. The van der Waals surface area contributed by atoms with Gasteiger partial charge in [-0.25, -0.2) is 4.79 Å². The predicted molar refractivity (Wildman–Crippen MR) is 64.7 cm³/mol. The van der Waals surface area contributed by atoms with Gasteiger partial charge in [0, 0.05) is 18.1 Å². The number of hydrogen-bond acceptors (Lipinski definition) is 6. The minimum absolute atomic E-state index is 0.0923. The number of esters is 1. The van der Waals surface area contributed by atoms with Gasteiger partial charge in [-0.2, -0.15) is 5.26 Å². The van der Waals surface area contributed by atoms with Crippen LogP contribution in [0.2, 0.25) is 0 Å². The Morgan fingerprint density at radius 1 is 1.69 bits per heavy atom. The Bertz CT molecular complexity index is 376. The van der Waals surface area contributed by atoms with E-state index in [0.717, 1.165) is 23.1 Å². The van der Waals surface area contributed by atoms with Gasteiger partial charge in [0.15, 0.2) is 0 Å². The minimum Gasteiger partial charge on any atom is -0.462 e. The highest BCUT2D eigenvalue weighted by molar-refractivity contribution is 8.07. The number of ether oxygens (including phenoxy) is 1. The fourth-order valence-corrected chi connectivity index (χ4v) is 4.12. The molecule has 0 spiro atoms. The lowest BCUT2D eigenvalue weighted by molar-refractivity contribution is -0.137. The van der Waals surface area contributed by atoms with E-state index in [1.54, 1.807) is 18.7 Å². The summed E-state index contributed by atoms with van der Waals surface area (Å²) < 4.78 is 5.02. The molecule has 0 aromatic carbocycles. The van der Waals surface area contributed by atoms with E-state index >= 15 is 0 Å². The van der Waals surface area contributed by atoms with Crippen LogP contribution in [0.5, 0.6) is 0 Å². The Kier molecular flexibility index (Phi) is 3.66. The first-order valence-corrected chi connectivity index (χ1v) is 7.08. The van der Waals surface area contributed by atoms with Crippen molar-refractivity contribution in [2.75, 3.05) is 24.7 Å². The molecule has 2 aliphatic rings. The van der Waals surface area contributed by atoms with E-state index in [2.05, 4.69) is 6.07 Å². The topological polar surface area (TPSA) is 53.3 Å². The monoisotopic (exact) mass is 256 g/mol. The van der Waals surface area contributed by atoms with Crippen LogP contribution in [0.4, 0.5) is 0 Å². The van der Waals surface area contributed by atoms with Gasteiger partial charge in [-0.1, -0.05) is 0 Å². The molecule has 0 amide bonds. The molecule has 1 unspecified atom stereocenters. The number of fused-ring (bicyclic) bond motifs is 1. The molecule has 2 heterocycles. The van der Waals surface area contributed by atoms with Gasteiger partial charge in [0.05, 0.1) is 17.7 Å². The fraction of sp³-hybridized carbons (Fsp3) is 0.600. The molecule has 4 nitrogen and oxygen atoms in total. The number of hydrogen-bond donors (Lipinski definition) is 0. The van der Waals surface area contributed by atoms with Crippen LogP contribution in [0.25, 0.3) is 0 Å². The average molecular weight is 256 g/mol. The summed E-state index contributed by atoms with van der Waals surface area (Å²) in [7, 11) is 0. The molecule has 1 atom stereocenters. The second-order valence-electron chi connectivity index (χ2n) is 3.35. The first-order valence-electron chi connectivity index (χ1n) is 5.11. The van der Waals surface area contributed by atoms with Crippen molar-refractivity contribution in [1.29, 1.82) is 5.26 Å². The van der Waals surface area contributed by atoms with E-state index in [9.17, 15) is 4.79 Å². The molecule has 0 radical (unpaired) electrons. The van der Waals surface area contributed by atoms with Crippen LogP contribution >= 0.6 is 23.5 Å². The number of thioether (sulfide) groups is 2. The Balaban J connectivity index is 2.24. The molecular formula is C10H12N2O2S2. The van der Waals surface area contributed by atoms with Gasteiger partial charge < -0.3 is 9.64 Å². The second kappa shape index (κ2) is 5.02. The molecule has 2 aliphatic heterocycles. The maximum atomic E-state index is 11.7. The van der Waals surface area contributed by atoms with E-state index in [0.29, 0.717) is 11.5 Å². The van der Waals surface area contributed by atoms with Crippen molar-refractivity contribution in [3.05, 3.63) is 9.93 Å². The molecule has 0 saturated carbocycles. The predicted octanol–water partition coefficient (Wildman–Crippen LogP) is 1.41. The lowest BCUT2D eigenvalue weighted by Gasteiger charge is -2.27. The minimum atomic E-state index is -0.252. The largest absolute Gasteiger partial charge is 0.462 e. The van der Waals surface area contributed by atoms with E-state index in [1.165, 1.54) is 11.8 Å². The van der Waals surface area contributed by atoms with Gasteiger partial charge >= 0.3 is 5.97 Å². The zero-order chi connectivity index (χ0) is 11.5. The summed E-state index contributed by atoms with van der Waals surface area (Å²) in [5, 5.41) is 9.91. The highest BCUT2D eigenvalue weighted by Gasteiger charge is 2.36. The van der Waals surface area contributed by atoms with Gasteiger partial charge in [-0.3, -0.25) is 0 Å². The van der Waals surface area contributed by atoms with E-state index in [1.807, 2.05) is 4.90 Å². The summed E-state index contributed by atoms with van der Waals surface area (Å²) in [6, 6.07) is 2.17. The quantitative estimate of drug-likeness (QED) is 0.696. The Labute approximate surface area is 103 Å². The van der Waals surface area contributed by atoms with Crippen LogP contribution in [0.3, 0.4) is 0 Å². The normalized spacial score (nSPS) is 24.0. The molecule has 0 aliphatic carbocycles. The highest BCUT2D eigenvalue weighted by atomic mass is 32.2. The average Bonchev–Trinajstić information content (AvgIpc) is 2.71. The molecular weight excluding hydrogens is 244 g/mol. The Morgan fingerprint density at radius 2 is 2.50 bits per heavy atom. The maximum absolute atomic E-state index is 11.7. The summed E-state index contributed by atoms with van der Waals surface area (Å²) in [6.45, 7) is 3.03. The molecule has 1 saturated heterocycles. The van der Waals surface area contributed by atoms with Crippen molar-refractivity contribution in [3.63, 3.8) is 0 Å². The molecule has 2 rings (SSSR count). The summed E-state index contributed by atoms with van der Waals surface area (Å²) in [5.41, 5.74) is 0. The highest BCUT2D eigenvalue weighted by Crippen LogP contribution is 2.41. The smallest absolute Gasteiger partial charge is 0.347 e. The number of carbonyl (C=O) groups is 1. The van der Waals surface area contributed by atoms with Crippen molar-refractivity contribution in [2.24, 2.45) is 0 Å². The number of nitrogens with zero attached hydrogens (tertiary/aromatic N) is 2. The molecule has 16 heavy (non-hydrogen) atoms. The van der Waals surface area contributed by atoms with Crippen molar-refractivity contribution in [2.45, 2.75) is 13.0 Å². The summed E-state index contributed by atoms with van der Waals surface area (Å²) in [5.74, 6) is 1.34. The Hall–Kier alpha value is -0.800. The third-order valence-electron chi connectivity index (χ3n) is 2.40. The lowest BCUT2D eigenvalue weighted by atomic mass is 10.3. The standard InChI is InChI=1S/C10H12N2O2S2/c1-2-14-10(13)8-9-12(3-4-15-8)7(5-11)6-16-9/h7H,2-4,6H2,1H3. The van der Waals surface area contributed by atoms with Gasteiger partial charge in [-0.15, -0.1) is 23.5 Å². The second-order valence-corrected chi connectivity index (χ2v) is 5.47. The fourth-order valence-electron chi connectivity index (χ4n) is 1.68. The number of nitriles is 1. The first kappa shape index (κ1) is 11.7. The van der Waals surface area contributed by atoms with E-state index in [4.69, 9.17) is 10.00 Å². The summed E-state index contributed by atoms with van der Waals surface area (Å²) >= 11 is 3.12. The van der Waals surface area contributed by atoms with Gasteiger partial charge in [-0.05, 0) is 6.92 Å². The van der Waals surface area contributed by atoms with Gasteiger partial charge in [0.2, 0.25) is 0 Å².